The second-order valence-electron chi connectivity index (χ2n) is 6.87. The Kier molecular flexibility index (Phi) is 4.88. The van der Waals surface area contributed by atoms with Crippen molar-refractivity contribution < 1.29 is 4.79 Å². The number of hydrogen-bond donors (Lipinski definition) is 2. The van der Waals surface area contributed by atoms with Crippen LogP contribution < -0.4 is 11.1 Å². The number of nitrogens with two attached hydrogens (primary N) is 1. The Bertz CT molecular complexity index is 310. The van der Waals surface area contributed by atoms with E-state index in [0.717, 1.165) is 19.4 Å². The molecule has 110 valence electrons. The van der Waals surface area contributed by atoms with Crippen LogP contribution in [0.5, 0.6) is 0 Å². The molecule has 0 bridgehead atoms. The molecule has 2 fully saturated rings. The van der Waals surface area contributed by atoms with Crippen molar-refractivity contribution in [3.8, 4) is 0 Å². The smallest absolute Gasteiger partial charge is 0.224 e. The fourth-order valence-electron chi connectivity index (χ4n) is 3.93. The summed E-state index contributed by atoms with van der Waals surface area (Å²) in [5, 5.41) is 3.22. The normalized spacial score (nSPS) is 34.2. The third-order valence-corrected chi connectivity index (χ3v) is 5.68. The van der Waals surface area contributed by atoms with Crippen LogP contribution in [-0.2, 0) is 4.79 Å². The Hall–Kier alpha value is -0.570. The van der Waals surface area contributed by atoms with Crippen LogP contribution in [0.3, 0.4) is 0 Å². The molecule has 2 rings (SSSR count). The van der Waals surface area contributed by atoms with Crippen LogP contribution in [0.4, 0.5) is 0 Å². The summed E-state index contributed by atoms with van der Waals surface area (Å²) in [6, 6.07) is 0.0508. The van der Waals surface area contributed by atoms with E-state index in [9.17, 15) is 4.79 Å². The average Bonchev–Trinajstić information content (AvgIpc) is 2.89. The summed E-state index contributed by atoms with van der Waals surface area (Å²) in [5.74, 6) is 0.731. The van der Waals surface area contributed by atoms with E-state index in [1.165, 1.54) is 38.5 Å². The summed E-state index contributed by atoms with van der Waals surface area (Å²) >= 11 is 0. The van der Waals surface area contributed by atoms with E-state index in [1.54, 1.807) is 0 Å². The summed E-state index contributed by atoms with van der Waals surface area (Å²) in [5.41, 5.74) is 6.59. The fraction of sp³-hybridized carbons (Fsp3) is 0.938. The maximum Gasteiger partial charge on any atom is 0.224 e. The lowest BCUT2D eigenvalue weighted by molar-refractivity contribution is -0.127. The van der Waals surface area contributed by atoms with Crippen molar-refractivity contribution in [3.63, 3.8) is 0 Å². The van der Waals surface area contributed by atoms with Crippen molar-refractivity contribution in [1.29, 1.82) is 0 Å². The van der Waals surface area contributed by atoms with E-state index in [0.29, 0.717) is 11.3 Å². The molecule has 0 aromatic carbocycles. The lowest BCUT2D eigenvalue weighted by Crippen LogP contribution is -2.49. The van der Waals surface area contributed by atoms with E-state index in [-0.39, 0.29) is 17.9 Å². The van der Waals surface area contributed by atoms with E-state index in [1.807, 2.05) is 0 Å². The van der Waals surface area contributed by atoms with Gasteiger partial charge in [-0.1, -0.05) is 33.1 Å². The average molecular weight is 266 g/mol. The first kappa shape index (κ1) is 14.8. The van der Waals surface area contributed by atoms with Gasteiger partial charge in [-0.2, -0.15) is 0 Å². The summed E-state index contributed by atoms with van der Waals surface area (Å²) in [4.78, 5) is 12.4. The molecule has 0 spiro atoms. The van der Waals surface area contributed by atoms with Gasteiger partial charge in [0.25, 0.3) is 0 Å². The molecular formula is C16H30N2O. The number of carbonyl (C=O) groups is 1. The zero-order valence-corrected chi connectivity index (χ0v) is 12.6. The Morgan fingerprint density at radius 2 is 1.95 bits per heavy atom. The van der Waals surface area contributed by atoms with Crippen LogP contribution in [0.25, 0.3) is 0 Å². The molecule has 1 amide bonds. The van der Waals surface area contributed by atoms with Crippen molar-refractivity contribution in [3.05, 3.63) is 0 Å². The van der Waals surface area contributed by atoms with Gasteiger partial charge >= 0.3 is 0 Å². The van der Waals surface area contributed by atoms with Gasteiger partial charge in [-0.25, -0.2) is 0 Å². The van der Waals surface area contributed by atoms with Crippen LogP contribution in [-0.4, -0.2) is 18.5 Å². The third kappa shape index (κ3) is 3.31. The van der Waals surface area contributed by atoms with E-state index < -0.39 is 0 Å². The van der Waals surface area contributed by atoms with Gasteiger partial charge in [0.05, 0.1) is 5.92 Å². The largest absolute Gasteiger partial charge is 0.355 e. The minimum atomic E-state index is 0.0408. The topological polar surface area (TPSA) is 55.1 Å². The maximum absolute atomic E-state index is 12.4. The molecule has 3 atom stereocenters. The summed E-state index contributed by atoms with van der Waals surface area (Å²) in [7, 11) is 0. The second-order valence-corrected chi connectivity index (χ2v) is 6.87. The highest BCUT2D eigenvalue weighted by molar-refractivity contribution is 5.79. The lowest BCUT2D eigenvalue weighted by atomic mass is 9.77. The first-order valence-electron chi connectivity index (χ1n) is 8.11. The number of hydrogen-bond acceptors (Lipinski definition) is 2. The number of nitrogens with one attached hydrogen (secondary N) is 1. The molecule has 0 aliphatic heterocycles. The first-order chi connectivity index (χ1) is 9.08. The molecule has 0 radical (unpaired) electrons. The van der Waals surface area contributed by atoms with Crippen molar-refractivity contribution in [2.45, 2.75) is 71.3 Å². The fourth-order valence-corrected chi connectivity index (χ4v) is 3.93. The summed E-state index contributed by atoms with van der Waals surface area (Å²) in [6.45, 7) is 5.29. The monoisotopic (exact) mass is 266 g/mol. The molecule has 3 heteroatoms. The quantitative estimate of drug-likeness (QED) is 0.822. The first-order valence-corrected chi connectivity index (χ1v) is 8.11. The molecule has 2 aliphatic rings. The Morgan fingerprint density at radius 3 is 2.58 bits per heavy atom. The van der Waals surface area contributed by atoms with Gasteiger partial charge in [0.1, 0.15) is 0 Å². The molecular weight excluding hydrogens is 236 g/mol. The van der Waals surface area contributed by atoms with E-state index >= 15 is 0 Å². The van der Waals surface area contributed by atoms with Crippen LogP contribution in [0.1, 0.15) is 65.2 Å². The van der Waals surface area contributed by atoms with Gasteiger partial charge in [-0.05, 0) is 43.4 Å². The zero-order chi connectivity index (χ0) is 13.9. The van der Waals surface area contributed by atoms with Crippen molar-refractivity contribution in [2.75, 3.05) is 6.54 Å². The van der Waals surface area contributed by atoms with Crippen LogP contribution in [0, 0.1) is 17.3 Å². The maximum atomic E-state index is 12.4. The van der Waals surface area contributed by atoms with Gasteiger partial charge in [0.15, 0.2) is 0 Å². The lowest BCUT2D eigenvalue weighted by Gasteiger charge is -2.34. The minimum Gasteiger partial charge on any atom is -0.355 e. The van der Waals surface area contributed by atoms with Crippen molar-refractivity contribution in [2.24, 2.45) is 23.0 Å². The zero-order valence-electron chi connectivity index (χ0n) is 12.6. The molecule has 3 nitrogen and oxygen atoms in total. The molecule has 0 aromatic rings. The minimum absolute atomic E-state index is 0.0408. The Labute approximate surface area is 117 Å². The molecule has 0 aromatic heterocycles. The highest BCUT2D eigenvalue weighted by Crippen LogP contribution is 2.40. The number of amides is 1. The summed E-state index contributed by atoms with van der Waals surface area (Å²) < 4.78 is 0. The van der Waals surface area contributed by atoms with Crippen LogP contribution in [0.2, 0.25) is 0 Å². The highest BCUT2D eigenvalue weighted by Gasteiger charge is 2.36. The molecule has 3 unspecified atom stereocenters. The van der Waals surface area contributed by atoms with Crippen LogP contribution >= 0.6 is 0 Å². The van der Waals surface area contributed by atoms with E-state index in [4.69, 9.17) is 5.73 Å². The molecule has 0 heterocycles. The standard InChI is InChI=1S/C16H30N2O/c1-3-16(9-4-5-10-16)11-18-15(19)13-8-6-7-12(2)14(13)17/h12-14H,3-11,17H2,1-2H3,(H,18,19). The molecule has 2 saturated carbocycles. The molecule has 0 saturated heterocycles. The predicted octanol–water partition coefficient (Wildman–Crippen LogP) is 2.84. The van der Waals surface area contributed by atoms with Gasteiger partial charge in [-0.3, -0.25) is 4.79 Å². The molecule has 3 N–H and O–H groups in total. The SMILES string of the molecule is CCC1(CNC(=O)C2CCCC(C)C2N)CCCC1. The Balaban J connectivity index is 1.86. The van der Waals surface area contributed by atoms with Gasteiger partial charge in [0, 0.05) is 12.6 Å². The molecule has 19 heavy (non-hydrogen) atoms. The predicted molar refractivity (Wildman–Crippen MR) is 78.7 cm³/mol. The van der Waals surface area contributed by atoms with Gasteiger partial charge in [0.2, 0.25) is 5.91 Å². The van der Waals surface area contributed by atoms with E-state index in [2.05, 4.69) is 19.2 Å². The number of rotatable bonds is 4. The summed E-state index contributed by atoms with van der Waals surface area (Å²) in [6.07, 6.45) is 9.66. The third-order valence-electron chi connectivity index (χ3n) is 5.68. The van der Waals surface area contributed by atoms with Crippen molar-refractivity contribution in [1.82, 2.24) is 5.32 Å². The highest BCUT2D eigenvalue weighted by atomic mass is 16.1. The Morgan fingerprint density at radius 1 is 1.26 bits per heavy atom. The van der Waals surface area contributed by atoms with Gasteiger partial charge < -0.3 is 11.1 Å². The number of carbonyl (C=O) groups excluding carboxylic acids is 1. The van der Waals surface area contributed by atoms with Gasteiger partial charge in [-0.15, -0.1) is 0 Å². The second kappa shape index (κ2) is 6.25. The van der Waals surface area contributed by atoms with Crippen LogP contribution in [0.15, 0.2) is 0 Å². The molecule has 2 aliphatic carbocycles. The van der Waals surface area contributed by atoms with Crippen molar-refractivity contribution >= 4 is 5.91 Å².